The summed E-state index contributed by atoms with van der Waals surface area (Å²) in [5.41, 5.74) is 3.94. The van der Waals surface area contributed by atoms with Gasteiger partial charge in [-0.3, -0.25) is 9.69 Å². The van der Waals surface area contributed by atoms with Crippen LogP contribution in [-0.4, -0.2) is 42.5 Å². The first kappa shape index (κ1) is 18.1. The number of rotatable bonds is 4. The van der Waals surface area contributed by atoms with Gasteiger partial charge < -0.3 is 9.64 Å². The van der Waals surface area contributed by atoms with Crippen LogP contribution in [0, 0.1) is 5.92 Å². The number of amides is 1. The first-order valence-electron chi connectivity index (χ1n) is 9.94. The lowest BCUT2D eigenvalue weighted by atomic mass is 9.93. The highest BCUT2D eigenvalue weighted by Crippen LogP contribution is 2.25. The second-order valence-corrected chi connectivity index (χ2v) is 7.70. The molecule has 2 aliphatic rings. The zero-order chi connectivity index (χ0) is 18.6. The van der Waals surface area contributed by atoms with Crippen molar-refractivity contribution in [2.24, 2.45) is 5.92 Å². The molecule has 0 unspecified atom stereocenters. The maximum absolute atomic E-state index is 13.1. The van der Waals surface area contributed by atoms with Gasteiger partial charge in [-0.15, -0.1) is 0 Å². The van der Waals surface area contributed by atoms with Gasteiger partial charge in [0.05, 0.1) is 13.0 Å². The van der Waals surface area contributed by atoms with Crippen LogP contribution in [0.15, 0.2) is 48.5 Å². The van der Waals surface area contributed by atoms with Crippen molar-refractivity contribution in [3.05, 3.63) is 65.2 Å². The summed E-state index contributed by atoms with van der Waals surface area (Å²) in [6, 6.07) is 16.7. The predicted molar refractivity (Wildman–Crippen MR) is 107 cm³/mol. The van der Waals surface area contributed by atoms with E-state index in [1.807, 2.05) is 12.1 Å². The topological polar surface area (TPSA) is 32.8 Å². The number of hydrogen-bond acceptors (Lipinski definition) is 3. The molecule has 0 aliphatic carbocycles. The third-order valence-electron chi connectivity index (χ3n) is 5.84. The number of hydrogen-bond donors (Lipinski definition) is 0. The van der Waals surface area contributed by atoms with Crippen molar-refractivity contribution >= 4 is 5.91 Å². The standard InChI is InChI=1S/C23H28N2O2/c1-27-22-10-4-6-18(14-22)15-24-12-5-9-21(16-24)23(26)25-13-11-19-7-2-3-8-20(19)17-25/h2-4,6-8,10,14,21H,5,9,11-13,15-17H2,1H3/t21-/m0/s1. The highest BCUT2D eigenvalue weighted by atomic mass is 16.5. The average Bonchev–Trinajstić information content (AvgIpc) is 2.73. The number of ether oxygens (including phenoxy) is 1. The maximum Gasteiger partial charge on any atom is 0.227 e. The molecule has 0 aromatic heterocycles. The Morgan fingerprint density at radius 3 is 2.81 bits per heavy atom. The summed E-state index contributed by atoms with van der Waals surface area (Å²) in [5.74, 6) is 1.35. The lowest BCUT2D eigenvalue weighted by Gasteiger charge is -2.36. The molecule has 27 heavy (non-hydrogen) atoms. The second-order valence-electron chi connectivity index (χ2n) is 7.70. The van der Waals surface area contributed by atoms with Crippen molar-refractivity contribution in [1.82, 2.24) is 9.80 Å². The minimum atomic E-state index is 0.120. The smallest absolute Gasteiger partial charge is 0.227 e. The molecule has 4 rings (SSSR count). The van der Waals surface area contributed by atoms with Crippen LogP contribution in [0.5, 0.6) is 5.75 Å². The Kier molecular flexibility index (Phi) is 5.44. The molecule has 0 saturated carbocycles. The zero-order valence-corrected chi connectivity index (χ0v) is 16.1. The molecule has 2 aromatic carbocycles. The van der Waals surface area contributed by atoms with E-state index in [9.17, 15) is 4.79 Å². The van der Waals surface area contributed by atoms with E-state index < -0.39 is 0 Å². The van der Waals surface area contributed by atoms with E-state index in [1.54, 1.807) is 7.11 Å². The first-order valence-corrected chi connectivity index (χ1v) is 9.94. The molecule has 1 amide bonds. The number of nitrogens with zero attached hydrogens (tertiary/aromatic N) is 2. The summed E-state index contributed by atoms with van der Waals surface area (Å²) < 4.78 is 5.33. The van der Waals surface area contributed by atoms with Gasteiger partial charge in [-0.25, -0.2) is 0 Å². The van der Waals surface area contributed by atoms with E-state index >= 15 is 0 Å². The molecule has 1 fully saturated rings. The van der Waals surface area contributed by atoms with E-state index in [2.05, 4.69) is 46.2 Å². The SMILES string of the molecule is COc1cccc(CN2CCC[C@H](C(=O)N3CCc4ccccc4C3)C2)c1. The van der Waals surface area contributed by atoms with E-state index in [4.69, 9.17) is 4.74 Å². The van der Waals surface area contributed by atoms with Crippen LogP contribution in [-0.2, 0) is 24.3 Å². The third-order valence-corrected chi connectivity index (χ3v) is 5.84. The number of benzene rings is 2. The Labute approximate surface area is 161 Å². The summed E-state index contributed by atoms with van der Waals surface area (Å²) in [7, 11) is 1.70. The highest BCUT2D eigenvalue weighted by molar-refractivity contribution is 5.79. The molecular weight excluding hydrogens is 336 g/mol. The summed E-state index contributed by atoms with van der Waals surface area (Å²) in [4.78, 5) is 17.6. The number of piperidine rings is 1. The van der Waals surface area contributed by atoms with Gasteiger partial charge in [0.2, 0.25) is 5.91 Å². The van der Waals surface area contributed by atoms with Gasteiger partial charge in [0.25, 0.3) is 0 Å². The van der Waals surface area contributed by atoms with Crippen molar-refractivity contribution < 1.29 is 9.53 Å². The van der Waals surface area contributed by atoms with Gasteiger partial charge in [0.1, 0.15) is 5.75 Å². The van der Waals surface area contributed by atoms with Crippen LogP contribution in [0.4, 0.5) is 0 Å². The number of carbonyl (C=O) groups is 1. The van der Waals surface area contributed by atoms with Crippen molar-refractivity contribution in [2.75, 3.05) is 26.7 Å². The quantitative estimate of drug-likeness (QED) is 0.833. The molecule has 2 aromatic rings. The van der Waals surface area contributed by atoms with Crippen LogP contribution < -0.4 is 4.74 Å². The van der Waals surface area contributed by atoms with Crippen LogP contribution >= 0.6 is 0 Å². The highest BCUT2D eigenvalue weighted by Gasteiger charge is 2.30. The van der Waals surface area contributed by atoms with Crippen LogP contribution in [0.3, 0.4) is 0 Å². The summed E-state index contributed by atoms with van der Waals surface area (Å²) >= 11 is 0. The molecule has 4 heteroatoms. The second kappa shape index (κ2) is 8.13. The Morgan fingerprint density at radius 2 is 1.96 bits per heavy atom. The van der Waals surface area contributed by atoms with Gasteiger partial charge in [0.15, 0.2) is 0 Å². The molecule has 1 saturated heterocycles. The summed E-state index contributed by atoms with van der Waals surface area (Å²) in [5, 5.41) is 0. The molecule has 4 nitrogen and oxygen atoms in total. The fourth-order valence-corrected chi connectivity index (χ4v) is 4.37. The lowest BCUT2D eigenvalue weighted by molar-refractivity contribution is -0.138. The Hall–Kier alpha value is -2.33. The van der Waals surface area contributed by atoms with Crippen molar-refractivity contribution in [3.63, 3.8) is 0 Å². The minimum Gasteiger partial charge on any atom is -0.497 e. The Morgan fingerprint density at radius 1 is 1.11 bits per heavy atom. The lowest BCUT2D eigenvalue weighted by Crippen LogP contribution is -2.46. The molecule has 0 spiro atoms. The number of methoxy groups -OCH3 is 1. The van der Waals surface area contributed by atoms with E-state index in [-0.39, 0.29) is 5.92 Å². The largest absolute Gasteiger partial charge is 0.497 e. The van der Waals surface area contributed by atoms with Gasteiger partial charge in [-0.05, 0) is 54.6 Å². The third kappa shape index (κ3) is 4.16. The number of carbonyl (C=O) groups excluding carboxylic acids is 1. The van der Waals surface area contributed by atoms with Crippen LogP contribution in [0.25, 0.3) is 0 Å². The normalized spacial score (nSPS) is 20.2. The van der Waals surface area contributed by atoms with Gasteiger partial charge in [-0.2, -0.15) is 0 Å². The Balaban J connectivity index is 1.38. The maximum atomic E-state index is 13.1. The molecule has 0 N–H and O–H groups in total. The van der Waals surface area contributed by atoms with E-state index in [1.165, 1.54) is 16.7 Å². The monoisotopic (exact) mass is 364 g/mol. The zero-order valence-electron chi connectivity index (χ0n) is 16.1. The van der Waals surface area contributed by atoms with Crippen molar-refractivity contribution in [2.45, 2.75) is 32.4 Å². The fourth-order valence-electron chi connectivity index (χ4n) is 4.37. The summed E-state index contributed by atoms with van der Waals surface area (Å²) in [6.07, 6.45) is 3.07. The minimum absolute atomic E-state index is 0.120. The summed E-state index contributed by atoms with van der Waals surface area (Å²) in [6.45, 7) is 4.41. The van der Waals surface area contributed by atoms with Crippen LogP contribution in [0.2, 0.25) is 0 Å². The van der Waals surface area contributed by atoms with E-state index in [0.29, 0.717) is 5.91 Å². The van der Waals surface area contributed by atoms with Crippen molar-refractivity contribution in [3.8, 4) is 5.75 Å². The van der Waals surface area contributed by atoms with Gasteiger partial charge in [0, 0.05) is 26.2 Å². The number of likely N-dealkylation sites (tertiary alicyclic amines) is 1. The number of fused-ring (bicyclic) bond motifs is 1. The predicted octanol–water partition coefficient (Wildman–Crippen LogP) is 3.49. The molecule has 0 radical (unpaired) electrons. The molecule has 0 bridgehead atoms. The molecule has 2 heterocycles. The van der Waals surface area contributed by atoms with Crippen LogP contribution in [0.1, 0.15) is 29.5 Å². The average molecular weight is 364 g/mol. The molecule has 2 aliphatic heterocycles. The first-order chi connectivity index (χ1) is 13.2. The molecular formula is C23H28N2O2. The molecule has 1 atom stereocenters. The van der Waals surface area contributed by atoms with E-state index in [0.717, 1.165) is 57.7 Å². The molecule has 142 valence electrons. The van der Waals surface area contributed by atoms with Crippen molar-refractivity contribution in [1.29, 1.82) is 0 Å². The fraction of sp³-hybridized carbons (Fsp3) is 0.435. The Bertz CT molecular complexity index is 804. The van der Waals surface area contributed by atoms with Gasteiger partial charge >= 0.3 is 0 Å². The van der Waals surface area contributed by atoms with Gasteiger partial charge in [-0.1, -0.05) is 36.4 Å².